The Labute approximate surface area is 164 Å². The topological polar surface area (TPSA) is 93.3 Å². The van der Waals surface area contributed by atoms with Crippen LogP contribution >= 0.6 is 0 Å². The molecule has 6 N–H and O–H groups in total. The first-order valence-electron chi connectivity index (χ1n) is 8.98. The Kier molecular flexibility index (Phi) is 7.67. The van der Waals surface area contributed by atoms with Gasteiger partial charge >= 0.3 is 6.03 Å². The van der Waals surface area contributed by atoms with Crippen molar-refractivity contribution in [3.8, 4) is 0 Å². The number of hydrogen-bond donors (Lipinski definition) is 4. The number of amides is 2. The molecule has 0 radical (unpaired) electrons. The zero-order valence-electron chi connectivity index (χ0n) is 15.0. The number of nitrogen functional groups attached to an aromatic ring is 1. The van der Waals surface area contributed by atoms with Crippen LogP contribution in [0.5, 0.6) is 0 Å². The molecule has 8 heteroatoms. The summed E-state index contributed by atoms with van der Waals surface area (Å²) < 4.78 is 12.9. The summed E-state index contributed by atoms with van der Waals surface area (Å²) in [5, 5.41) is 8.96. The van der Waals surface area contributed by atoms with E-state index in [2.05, 4.69) is 20.9 Å². The molecule has 1 aliphatic carbocycles. The number of aromatic amines is 1. The number of pyridine rings is 1. The molecule has 3 rings (SSSR count). The van der Waals surface area contributed by atoms with Gasteiger partial charge in [-0.25, -0.2) is 14.2 Å². The first-order valence-corrected chi connectivity index (χ1v) is 8.98. The van der Waals surface area contributed by atoms with Crippen LogP contribution in [0.25, 0.3) is 0 Å². The summed E-state index contributed by atoms with van der Waals surface area (Å²) in [4.78, 5) is 15.1. The molecule has 0 spiro atoms. The molecule has 6 nitrogen and oxygen atoms in total. The summed E-state index contributed by atoms with van der Waals surface area (Å²) in [7, 11) is 0. The zero-order valence-corrected chi connectivity index (χ0v) is 15.8. The maximum Gasteiger partial charge on any atom is 0.319 e. The van der Waals surface area contributed by atoms with Crippen LogP contribution < -0.4 is 39.1 Å². The van der Waals surface area contributed by atoms with Crippen molar-refractivity contribution >= 4 is 23.4 Å². The molecule has 0 atom stereocenters. The number of carbonyl (C=O) groups excluding carboxylic acids is 1. The van der Waals surface area contributed by atoms with Crippen LogP contribution in [0.4, 0.5) is 26.5 Å². The number of anilines is 3. The number of benzene rings is 1. The molecule has 0 saturated heterocycles. The van der Waals surface area contributed by atoms with Crippen LogP contribution in [0.15, 0.2) is 36.4 Å². The number of aromatic nitrogens is 1. The van der Waals surface area contributed by atoms with Crippen LogP contribution in [0, 0.1) is 5.82 Å². The third kappa shape index (κ3) is 6.29. The zero-order chi connectivity index (χ0) is 18.4. The van der Waals surface area contributed by atoms with Gasteiger partial charge in [0.2, 0.25) is 11.6 Å². The average molecular weight is 394 g/mol. The van der Waals surface area contributed by atoms with Gasteiger partial charge in [0, 0.05) is 12.1 Å². The van der Waals surface area contributed by atoms with Gasteiger partial charge in [-0.15, -0.1) is 0 Å². The Morgan fingerprint density at radius 2 is 1.81 bits per heavy atom. The summed E-state index contributed by atoms with van der Waals surface area (Å²) in [6.45, 7) is 0.533. The van der Waals surface area contributed by atoms with Crippen molar-refractivity contribution in [1.29, 1.82) is 0 Å². The third-order valence-corrected chi connectivity index (χ3v) is 4.56. The summed E-state index contributed by atoms with van der Waals surface area (Å²) in [5.74, 6) is 0.824. The number of nitrogens with two attached hydrogens (primary N) is 1. The number of carbonyl (C=O) groups is 1. The van der Waals surface area contributed by atoms with Gasteiger partial charge < -0.3 is 34.1 Å². The van der Waals surface area contributed by atoms with E-state index in [1.165, 1.54) is 18.6 Å². The van der Waals surface area contributed by atoms with Crippen molar-refractivity contribution in [3.05, 3.63) is 47.8 Å². The average Bonchev–Trinajstić information content (AvgIpc) is 2.64. The van der Waals surface area contributed by atoms with Crippen LogP contribution in [-0.2, 0) is 6.54 Å². The SMILES string of the molecule is Nc1[nH+]c(NCc2ccc(F)cc2)ccc1NC(=O)NC1CCCCC1.[Cl-]. The van der Waals surface area contributed by atoms with Crippen LogP contribution in [-0.4, -0.2) is 12.1 Å². The monoisotopic (exact) mass is 393 g/mol. The highest BCUT2D eigenvalue weighted by Crippen LogP contribution is 2.18. The molecule has 1 aliphatic rings. The number of rotatable bonds is 5. The molecular weight excluding hydrogens is 369 g/mol. The summed E-state index contributed by atoms with van der Waals surface area (Å²) in [5.41, 5.74) is 7.49. The molecule has 27 heavy (non-hydrogen) atoms. The predicted octanol–water partition coefficient (Wildman–Crippen LogP) is 0.292. The van der Waals surface area contributed by atoms with Crippen molar-refractivity contribution in [2.45, 2.75) is 44.7 Å². The van der Waals surface area contributed by atoms with E-state index in [4.69, 9.17) is 5.73 Å². The lowest BCUT2D eigenvalue weighted by atomic mass is 9.96. The van der Waals surface area contributed by atoms with Crippen molar-refractivity contribution < 1.29 is 26.6 Å². The predicted molar refractivity (Wildman–Crippen MR) is 100 cm³/mol. The number of hydrogen-bond acceptors (Lipinski definition) is 3. The minimum Gasteiger partial charge on any atom is -1.00 e. The van der Waals surface area contributed by atoms with Gasteiger partial charge in [0.05, 0.1) is 6.54 Å². The van der Waals surface area contributed by atoms with Gasteiger partial charge in [0.1, 0.15) is 11.5 Å². The molecule has 1 aromatic carbocycles. The Morgan fingerprint density at radius 1 is 1.11 bits per heavy atom. The summed E-state index contributed by atoms with van der Waals surface area (Å²) in [6, 6.07) is 9.85. The van der Waals surface area contributed by atoms with Crippen molar-refractivity contribution in [2.24, 2.45) is 0 Å². The van der Waals surface area contributed by atoms with Crippen molar-refractivity contribution in [1.82, 2.24) is 5.32 Å². The molecule has 146 valence electrons. The van der Waals surface area contributed by atoms with Gasteiger partial charge in [0.15, 0.2) is 0 Å². The van der Waals surface area contributed by atoms with E-state index in [0.29, 0.717) is 23.9 Å². The minimum absolute atomic E-state index is 0. The second kappa shape index (κ2) is 9.97. The Bertz CT molecular complexity index is 750. The fraction of sp³-hybridized carbons (Fsp3) is 0.368. The molecule has 0 unspecified atom stereocenters. The van der Waals surface area contributed by atoms with E-state index in [-0.39, 0.29) is 30.3 Å². The van der Waals surface area contributed by atoms with Crippen LogP contribution in [0.3, 0.4) is 0 Å². The fourth-order valence-electron chi connectivity index (χ4n) is 3.11. The highest BCUT2D eigenvalue weighted by Gasteiger charge is 2.17. The molecule has 2 aromatic rings. The third-order valence-electron chi connectivity index (χ3n) is 4.56. The van der Waals surface area contributed by atoms with E-state index in [1.54, 1.807) is 24.3 Å². The highest BCUT2D eigenvalue weighted by atomic mass is 35.5. The summed E-state index contributed by atoms with van der Waals surface area (Å²) in [6.07, 6.45) is 5.63. The number of urea groups is 1. The summed E-state index contributed by atoms with van der Waals surface area (Å²) >= 11 is 0. The van der Waals surface area contributed by atoms with Gasteiger partial charge in [-0.1, -0.05) is 31.4 Å². The molecule has 1 heterocycles. The normalized spacial score (nSPS) is 14.1. The molecule has 1 saturated carbocycles. The van der Waals surface area contributed by atoms with E-state index in [1.807, 2.05) is 0 Å². The molecule has 0 aliphatic heterocycles. The van der Waals surface area contributed by atoms with Crippen molar-refractivity contribution in [2.75, 3.05) is 16.4 Å². The van der Waals surface area contributed by atoms with E-state index in [9.17, 15) is 9.18 Å². The number of nitrogens with one attached hydrogen (secondary N) is 4. The lowest BCUT2D eigenvalue weighted by molar-refractivity contribution is -0.342. The standard InChI is InChI=1S/C19H24FN5O.ClH/c20-14-8-6-13(7-9-14)12-22-17-11-10-16(18(21)25-17)24-19(26)23-15-4-2-1-3-5-15;/h6-11,15H,1-5,12H2,(H3,21,22,25)(H2,23,24,26);1H. The number of halogens is 2. The van der Waals surface area contributed by atoms with E-state index < -0.39 is 0 Å². The highest BCUT2D eigenvalue weighted by molar-refractivity contribution is 5.91. The number of H-pyrrole nitrogens is 1. The molecule has 0 bridgehead atoms. The maximum atomic E-state index is 12.9. The Morgan fingerprint density at radius 3 is 2.48 bits per heavy atom. The Hall–Kier alpha value is -2.54. The lowest BCUT2D eigenvalue weighted by Crippen LogP contribution is -3.00. The van der Waals surface area contributed by atoms with Crippen LogP contribution in [0.2, 0.25) is 0 Å². The van der Waals surface area contributed by atoms with Gasteiger partial charge in [0.25, 0.3) is 0 Å². The molecule has 1 fully saturated rings. The van der Waals surface area contributed by atoms with Crippen LogP contribution in [0.1, 0.15) is 37.7 Å². The lowest BCUT2D eigenvalue weighted by Gasteiger charge is -2.22. The van der Waals surface area contributed by atoms with Gasteiger partial charge in [-0.05, 0) is 36.6 Å². The first kappa shape index (κ1) is 20.8. The molecular formula is C19H25ClFN5O. The van der Waals surface area contributed by atoms with Gasteiger partial charge in [-0.2, -0.15) is 0 Å². The minimum atomic E-state index is -0.258. The smallest absolute Gasteiger partial charge is 0.319 e. The quantitative estimate of drug-likeness (QED) is 0.588. The van der Waals surface area contributed by atoms with E-state index in [0.717, 1.165) is 31.2 Å². The largest absolute Gasteiger partial charge is 1.00 e. The fourth-order valence-corrected chi connectivity index (χ4v) is 3.11. The maximum absolute atomic E-state index is 12.9. The second-order valence-corrected chi connectivity index (χ2v) is 6.61. The second-order valence-electron chi connectivity index (χ2n) is 6.61. The molecule has 1 aromatic heterocycles. The Balaban J connectivity index is 0.00000261. The first-order chi connectivity index (χ1) is 12.6. The molecule has 2 amide bonds. The van der Waals surface area contributed by atoms with E-state index >= 15 is 0 Å². The van der Waals surface area contributed by atoms with Gasteiger partial charge in [-0.3, -0.25) is 0 Å². The van der Waals surface area contributed by atoms with Crippen molar-refractivity contribution in [3.63, 3.8) is 0 Å².